The van der Waals surface area contributed by atoms with Crippen LogP contribution in [0.25, 0.3) is 99.2 Å². The van der Waals surface area contributed by atoms with Gasteiger partial charge in [-0.1, -0.05) is 121 Å². The van der Waals surface area contributed by atoms with E-state index in [1.165, 1.54) is 0 Å². The standard InChI is InChI=1S/C48H30N2O/c1-2-12-31(13-3-1)32-14-10-15-33(28-32)34-24-27-46-40(29-34)48-44(22-11-23-47(48)51-46)50-43-21-9-6-18-38(43)39-26-25-35(30-45(39)50)49-41-19-7-4-16-36(41)37-17-5-8-20-42(37)49/h1-30H/i1D,2D,3D,4D,7D,12D,13D,16D,19D. The number of benzene rings is 8. The number of nitrogens with zero attached hydrogens (tertiary/aromatic N) is 2. The molecule has 0 fully saturated rings. The van der Waals surface area contributed by atoms with Crippen molar-refractivity contribution in [2.45, 2.75) is 0 Å². The van der Waals surface area contributed by atoms with Gasteiger partial charge < -0.3 is 13.6 Å². The number of hydrogen-bond donors (Lipinski definition) is 0. The zero-order valence-corrected chi connectivity index (χ0v) is 26.9. The molecule has 0 spiro atoms. The van der Waals surface area contributed by atoms with E-state index in [4.69, 9.17) is 16.8 Å². The van der Waals surface area contributed by atoms with Crippen LogP contribution in [0.15, 0.2) is 186 Å². The Kier molecular flexibility index (Phi) is 4.38. The Balaban J connectivity index is 1.15. The van der Waals surface area contributed by atoms with E-state index in [0.29, 0.717) is 27.6 Å². The predicted molar refractivity (Wildman–Crippen MR) is 213 cm³/mol. The van der Waals surface area contributed by atoms with Crippen LogP contribution in [-0.4, -0.2) is 9.13 Å². The van der Waals surface area contributed by atoms with Crippen LogP contribution < -0.4 is 0 Å². The van der Waals surface area contributed by atoms with E-state index < -0.39 is 6.04 Å². The Hall–Kier alpha value is -6.84. The summed E-state index contributed by atoms with van der Waals surface area (Å²) < 4.78 is 87.2. The summed E-state index contributed by atoms with van der Waals surface area (Å²) in [6, 6.07) is 38.9. The number of para-hydroxylation sites is 3. The molecule has 0 bridgehead atoms. The molecule has 3 nitrogen and oxygen atoms in total. The molecule has 238 valence electrons. The fraction of sp³-hybridized carbons (Fsp3) is 0. The zero-order chi connectivity index (χ0) is 41.3. The van der Waals surface area contributed by atoms with Crippen molar-refractivity contribution in [3.8, 4) is 33.6 Å². The minimum Gasteiger partial charge on any atom is -0.456 e. The van der Waals surface area contributed by atoms with E-state index in [0.717, 1.165) is 66.0 Å². The van der Waals surface area contributed by atoms with Crippen molar-refractivity contribution in [1.82, 2.24) is 9.13 Å². The van der Waals surface area contributed by atoms with E-state index in [1.54, 1.807) is 6.07 Å². The van der Waals surface area contributed by atoms with Gasteiger partial charge in [0.15, 0.2) is 0 Å². The lowest BCUT2D eigenvalue weighted by molar-refractivity contribution is 0.669. The zero-order valence-electron chi connectivity index (χ0n) is 35.9. The maximum absolute atomic E-state index is 9.04. The number of rotatable bonds is 4. The second-order valence-corrected chi connectivity index (χ2v) is 12.7. The third kappa shape index (κ3) is 4.19. The highest BCUT2D eigenvalue weighted by atomic mass is 16.3. The smallest absolute Gasteiger partial charge is 0.137 e. The van der Waals surface area contributed by atoms with Crippen molar-refractivity contribution in [1.29, 1.82) is 0 Å². The first-order valence-corrected chi connectivity index (χ1v) is 16.7. The lowest BCUT2D eigenvalue weighted by Gasteiger charge is -2.12. The third-order valence-electron chi connectivity index (χ3n) is 9.92. The summed E-state index contributed by atoms with van der Waals surface area (Å²) in [7, 11) is 0. The fourth-order valence-electron chi connectivity index (χ4n) is 7.72. The largest absolute Gasteiger partial charge is 0.456 e. The number of hydrogen-bond acceptors (Lipinski definition) is 1. The summed E-state index contributed by atoms with van der Waals surface area (Å²) in [5.74, 6) is 0. The summed E-state index contributed by atoms with van der Waals surface area (Å²) in [5.41, 5.74) is 8.36. The van der Waals surface area contributed by atoms with E-state index in [-0.39, 0.29) is 53.9 Å². The molecule has 0 radical (unpaired) electrons. The monoisotopic (exact) mass is 659 g/mol. The van der Waals surface area contributed by atoms with Gasteiger partial charge in [-0.25, -0.2) is 0 Å². The van der Waals surface area contributed by atoms with Crippen LogP contribution in [0.5, 0.6) is 0 Å². The molecule has 0 saturated carbocycles. The quantitative estimate of drug-likeness (QED) is 0.184. The first-order valence-electron chi connectivity index (χ1n) is 21.2. The molecule has 11 rings (SSSR count). The average Bonchev–Trinajstić information content (AvgIpc) is 3.94. The van der Waals surface area contributed by atoms with Gasteiger partial charge in [-0.15, -0.1) is 0 Å². The molecule has 3 heterocycles. The Morgan fingerprint density at radius 1 is 0.392 bits per heavy atom. The van der Waals surface area contributed by atoms with Crippen LogP contribution in [0, 0.1) is 0 Å². The van der Waals surface area contributed by atoms with Crippen LogP contribution >= 0.6 is 0 Å². The molecule has 0 N–H and O–H groups in total. The molecular weight excluding hydrogens is 621 g/mol. The van der Waals surface area contributed by atoms with Gasteiger partial charge in [-0.05, 0) is 82.9 Å². The first-order chi connectivity index (χ1) is 29.0. The minimum atomic E-state index is -0.431. The number of fused-ring (bicyclic) bond motifs is 9. The van der Waals surface area contributed by atoms with E-state index >= 15 is 0 Å². The Morgan fingerprint density at radius 2 is 1.08 bits per heavy atom. The molecule has 0 aliphatic rings. The van der Waals surface area contributed by atoms with E-state index in [1.807, 2.05) is 89.5 Å². The molecular formula is C48H30N2O. The van der Waals surface area contributed by atoms with Crippen LogP contribution in [0.1, 0.15) is 12.3 Å². The van der Waals surface area contributed by atoms with Gasteiger partial charge in [-0.3, -0.25) is 0 Å². The molecule has 0 aliphatic heterocycles. The second-order valence-electron chi connectivity index (χ2n) is 12.7. The van der Waals surface area contributed by atoms with Gasteiger partial charge in [0.05, 0.1) is 45.5 Å². The summed E-state index contributed by atoms with van der Waals surface area (Å²) in [5, 5.41) is 5.01. The van der Waals surface area contributed by atoms with Crippen molar-refractivity contribution in [3.63, 3.8) is 0 Å². The highest BCUT2D eigenvalue weighted by Crippen LogP contribution is 2.41. The predicted octanol–water partition coefficient (Wildman–Crippen LogP) is 13.1. The number of furan rings is 1. The SMILES string of the molecule is [2H]c1c([2H])c([2H])c(-c2cccc(-c3ccc4oc5cccc(-n6c7ccccc7c7ccc(-n8c9ccccc9c9c([2H])c([2H])c([2H])c([2H])c98)cc76)c5c4c3)c2)c([2H])c1[2H]. The van der Waals surface area contributed by atoms with E-state index in [2.05, 4.69) is 41.0 Å². The molecule has 51 heavy (non-hydrogen) atoms. The maximum atomic E-state index is 9.04. The van der Waals surface area contributed by atoms with Crippen molar-refractivity contribution < 1.29 is 16.8 Å². The highest BCUT2D eigenvalue weighted by Gasteiger charge is 2.20. The molecule has 3 heteroatoms. The lowest BCUT2D eigenvalue weighted by Crippen LogP contribution is -1.97. The molecule has 11 aromatic rings. The average molecular weight is 660 g/mol. The van der Waals surface area contributed by atoms with Crippen LogP contribution in [0.2, 0.25) is 0 Å². The fourth-order valence-corrected chi connectivity index (χ4v) is 7.72. The first kappa shape index (κ1) is 20.6. The molecule has 0 saturated heterocycles. The summed E-state index contributed by atoms with van der Waals surface area (Å²) in [4.78, 5) is 0. The number of aromatic nitrogens is 2. The van der Waals surface area contributed by atoms with Gasteiger partial charge in [0.2, 0.25) is 0 Å². The molecule has 0 aliphatic carbocycles. The van der Waals surface area contributed by atoms with Gasteiger partial charge in [0.25, 0.3) is 0 Å². The van der Waals surface area contributed by atoms with Gasteiger partial charge in [-0.2, -0.15) is 0 Å². The van der Waals surface area contributed by atoms with Crippen LogP contribution in [0.3, 0.4) is 0 Å². The van der Waals surface area contributed by atoms with Crippen molar-refractivity contribution >= 4 is 65.6 Å². The molecule has 3 aromatic heterocycles. The summed E-state index contributed by atoms with van der Waals surface area (Å²) in [6.07, 6.45) is 0. The van der Waals surface area contributed by atoms with E-state index in [9.17, 15) is 0 Å². The topological polar surface area (TPSA) is 23.0 Å². The Morgan fingerprint density at radius 3 is 1.94 bits per heavy atom. The van der Waals surface area contributed by atoms with Gasteiger partial charge >= 0.3 is 0 Å². The third-order valence-corrected chi connectivity index (χ3v) is 9.92. The van der Waals surface area contributed by atoms with Crippen LogP contribution in [0.4, 0.5) is 0 Å². The Bertz CT molecular complexity index is 3650. The Labute approximate surface area is 306 Å². The second kappa shape index (κ2) is 10.8. The molecule has 0 unspecified atom stereocenters. The van der Waals surface area contributed by atoms with Crippen molar-refractivity contribution in [3.05, 3.63) is 182 Å². The van der Waals surface area contributed by atoms with Gasteiger partial charge in [0, 0.05) is 32.6 Å². The van der Waals surface area contributed by atoms with Gasteiger partial charge in [0.1, 0.15) is 11.2 Å². The van der Waals surface area contributed by atoms with Crippen molar-refractivity contribution in [2.24, 2.45) is 0 Å². The molecule has 8 aromatic carbocycles. The molecule has 0 atom stereocenters. The normalized spacial score (nSPS) is 14.4. The maximum Gasteiger partial charge on any atom is 0.137 e. The summed E-state index contributed by atoms with van der Waals surface area (Å²) in [6.45, 7) is 0. The molecule has 0 amide bonds. The highest BCUT2D eigenvalue weighted by molar-refractivity contribution is 6.15. The lowest BCUT2D eigenvalue weighted by atomic mass is 9.98. The van der Waals surface area contributed by atoms with Crippen LogP contribution in [-0.2, 0) is 0 Å². The van der Waals surface area contributed by atoms with Crippen molar-refractivity contribution in [2.75, 3.05) is 0 Å². The summed E-state index contributed by atoms with van der Waals surface area (Å²) >= 11 is 0. The minimum absolute atomic E-state index is 0.0742.